The second kappa shape index (κ2) is 7.04. The third-order valence-corrected chi connectivity index (χ3v) is 4.18. The third kappa shape index (κ3) is 3.93. The van der Waals surface area contributed by atoms with Crippen LogP contribution in [0, 0.1) is 11.7 Å². The van der Waals surface area contributed by atoms with Crippen LogP contribution >= 0.6 is 0 Å². The third-order valence-electron chi connectivity index (χ3n) is 4.18. The molecule has 1 aliphatic carbocycles. The van der Waals surface area contributed by atoms with Crippen molar-refractivity contribution in [2.45, 2.75) is 38.3 Å². The van der Waals surface area contributed by atoms with Gasteiger partial charge in [-0.25, -0.2) is 4.39 Å². The Balaban J connectivity index is 1.90. The first kappa shape index (κ1) is 15.3. The van der Waals surface area contributed by atoms with Crippen LogP contribution in [-0.4, -0.2) is 31.6 Å². The molecule has 1 aromatic rings. The SMILES string of the molecule is COc1ccc(CN(C)CC2CCCCC2N)cc1F. The number of rotatable bonds is 5. The number of benzene rings is 1. The number of ether oxygens (including phenoxy) is 1. The van der Waals surface area contributed by atoms with Crippen LogP contribution in [0.25, 0.3) is 0 Å². The van der Waals surface area contributed by atoms with Crippen LogP contribution in [-0.2, 0) is 6.54 Å². The second-order valence-corrected chi connectivity index (χ2v) is 5.87. The van der Waals surface area contributed by atoms with Crippen molar-refractivity contribution in [1.82, 2.24) is 4.90 Å². The predicted octanol–water partition coefficient (Wildman–Crippen LogP) is 2.78. The molecule has 0 aliphatic heterocycles. The molecule has 0 aromatic heterocycles. The molecule has 0 saturated heterocycles. The molecule has 2 N–H and O–H groups in total. The summed E-state index contributed by atoms with van der Waals surface area (Å²) in [4.78, 5) is 2.23. The largest absolute Gasteiger partial charge is 0.494 e. The van der Waals surface area contributed by atoms with E-state index in [1.807, 2.05) is 6.07 Å². The minimum atomic E-state index is -0.298. The molecule has 1 saturated carbocycles. The zero-order valence-electron chi connectivity index (χ0n) is 12.4. The van der Waals surface area contributed by atoms with Gasteiger partial charge in [-0.3, -0.25) is 0 Å². The monoisotopic (exact) mass is 280 g/mol. The molecule has 0 heterocycles. The summed E-state index contributed by atoms with van der Waals surface area (Å²) in [7, 11) is 3.55. The molecule has 2 atom stereocenters. The summed E-state index contributed by atoms with van der Waals surface area (Å²) in [6, 6.07) is 5.47. The van der Waals surface area contributed by atoms with Crippen LogP contribution in [0.3, 0.4) is 0 Å². The molecular formula is C16H25FN2O. The van der Waals surface area contributed by atoms with Crippen LogP contribution in [0.5, 0.6) is 5.75 Å². The average Bonchev–Trinajstić information content (AvgIpc) is 2.41. The minimum absolute atomic E-state index is 0.297. The Morgan fingerprint density at radius 3 is 2.75 bits per heavy atom. The van der Waals surface area contributed by atoms with Gasteiger partial charge in [0.05, 0.1) is 7.11 Å². The molecule has 20 heavy (non-hydrogen) atoms. The van der Waals surface area contributed by atoms with E-state index in [2.05, 4.69) is 11.9 Å². The Bertz CT molecular complexity index is 438. The van der Waals surface area contributed by atoms with E-state index in [-0.39, 0.29) is 5.82 Å². The Morgan fingerprint density at radius 2 is 2.10 bits per heavy atom. The van der Waals surface area contributed by atoms with Gasteiger partial charge < -0.3 is 15.4 Å². The highest BCUT2D eigenvalue weighted by molar-refractivity contribution is 5.29. The van der Waals surface area contributed by atoms with Gasteiger partial charge in [0.2, 0.25) is 0 Å². The van der Waals surface area contributed by atoms with Crippen molar-refractivity contribution in [2.24, 2.45) is 11.7 Å². The van der Waals surface area contributed by atoms with Crippen LogP contribution in [0.2, 0.25) is 0 Å². The van der Waals surface area contributed by atoms with E-state index < -0.39 is 0 Å². The average molecular weight is 280 g/mol. The predicted molar refractivity (Wildman–Crippen MR) is 79.2 cm³/mol. The van der Waals surface area contributed by atoms with Crippen molar-refractivity contribution in [3.8, 4) is 5.75 Å². The number of nitrogens with zero attached hydrogens (tertiary/aromatic N) is 1. The second-order valence-electron chi connectivity index (χ2n) is 5.87. The fraction of sp³-hybridized carbons (Fsp3) is 0.625. The highest BCUT2D eigenvalue weighted by Gasteiger charge is 2.22. The van der Waals surface area contributed by atoms with Crippen molar-refractivity contribution < 1.29 is 9.13 Å². The van der Waals surface area contributed by atoms with E-state index in [0.717, 1.165) is 25.1 Å². The van der Waals surface area contributed by atoms with Gasteiger partial charge in [-0.15, -0.1) is 0 Å². The van der Waals surface area contributed by atoms with Crippen LogP contribution < -0.4 is 10.5 Å². The fourth-order valence-electron chi connectivity index (χ4n) is 3.05. The van der Waals surface area contributed by atoms with Gasteiger partial charge in [0, 0.05) is 19.1 Å². The molecule has 0 radical (unpaired) electrons. The summed E-state index contributed by atoms with van der Waals surface area (Å²) in [5.41, 5.74) is 7.15. The van der Waals surface area contributed by atoms with Gasteiger partial charge in [0.25, 0.3) is 0 Å². The van der Waals surface area contributed by atoms with Crippen molar-refractivity contribution in [1.29, 1.82) is 0 Å². The first-order chi connectivity index (χ1) is 9.60. The Labute approximate surface area is 120 Å². The number of hydrogen-bond donors (Lipinski definition) is 1. The van der Waals surface area contributed by atoms with Crippen LogP contribution in [0.4, 0.5) is 4.39 Å². The summed E-state index contributed by atoms with van der Waals surface area (Å²) in [5, 5.41) is 0. The highest BCUT2D eigenvalue weighted by atomic mass is 19.1. The quantitative estimate of drug-likeness (QED) is 0.901. The molecular weight excluding hydrogens is 255 g/mol. The van der Waals surface area contributed by atoms with E-state index in [9.17, 15) is 4.39 Å². The van der Waals surface area contributed by atoms with E-state index in [4.69, 9.17) is 10.5 Å². The van der Waals surface area contributed by atoms with Crippen molar-refractivity contribution in [2.75, 3.05) is 20.7 Å². The Morgan fingerprint density at radius 1 is 1.35 bits per heavy atom. The maximum absolute atomic E-state index is 13.7. The zero-order valence-corrected chi connectivity index (χ0v) is 12.4. The first-order valence-corrected chi connectivity index (χ1v) is 7.36. The number of methoxy groups -OCH3 is 1. The molecule has 0 amide bonds. The maximum Gasteiger partial charge on any atom is 0.165 e. The fourth-order valence-corrected chi connectivity index (χ4v) is 3.05. The van der Waals surface area contributed by atoms with E-state index in [1.54, 1.807) is 12.1 Å². The standard InChI is InChI=1S/C16H25FN2O/c1-19(11-13-5-3-4-6-15(13)18)10-12-7-8-16(20-2)14(17)9-12/h7-9,13,15H,3-6,10-11,18H2,1-2H3. The van der Waals surface area contributed by atoms with Crippen molar-refractivity contribution in [3.05, 3.63) is 29.6 Å². The van der Waals surface area contributed by atoms with Crippen molar-refractivity contribution in [3.63, 3.8) is 0 Å². The van der Waals surface area contributed by atoms with E-state index in [1.165, 1.54) is 26.4 Å². The van der Waals surface area contributed by atoms with Gasteiger partial charge in [-0.2, -0.15) is 0 Å². The summed E-state index contributed by atoms with van der Waals surface area (Å²) in [6.07, 6.45) is 4.88. The summed E-state index contributed by atoms with van der Waals surface area (Å²) in [6.45, 7) is 1.72. The topological polar surface area (TPSA) is 38.5 Å². The van der Waals surface area contributed by atoms with Crippen LogP contribution in [0.1, 0.15) is 31.2 Å². The van der Waals surface area contributed by atoms with Gasteiger partial charge >= 0.3 is 0 Å². The lowest BCUT2D eigenvalue weighted by Gasteiger charge is -2.32. The first-order valence-electron chi connectivity index (χ1n) is 7.36. The summed E-state index contributed by atoms with van der Waals surface area (Å²) in [5.74, 6) is 0.565. The molecule has 3 nitrogen and oxygen atoms in total. The lowest BCUT2D eigenvalue weighted by molar-refractivity contribution is 0.206. The number of nitrogens with two attached hydrogens (primary N) is 1. The zero-order chi connectivity index (χ0) is 14.5. The lowest BCUT2D eigenvalue weighted by Crippen LogP contribution is -2.39. The highest BCUT2D eigenvalue weighted by Crippen LogP contribution is 2.24. The van der Waals surface area contributed by atoms with Crippen LogP contribution in [0.15, 0.2) is 18.2 Å². The molecule has 1 fully saturated rings. The minimum Gasteiger partial charge on any atom is -0.494 e. The van der Waals surface area contributed by atoms with E-state index in [0.29, 0.717) is 17.7 Å². The van der Waals surface area contributed by atoms with Crippen molar-refractivity contribution >= 4 is 0 Å². The summed E-state index contributed by atoms with van der Waals surface area (Å²) < 4.78 is 18.6. The Hall–Kier alpha value is -1.13. The van der Waals surface area contributed by atoms with Gasteiger partial charge in [-0.1, -0.05) is 18.9 Å². The Kier molecular flexibility index (Phi) is 5.38. The van der Waals surface area contributed by atoms with Gasteiger partial charge in [0.1, 0.15) is 0 Å². The normalized spacial score (nSPS) is 23.1. The molecule has 2 rings (SSSR count). The number of hydrogen-bond acceptors (Lipinski definition) is 3. The smallest absolute Gasteiger partial charge is 0.165 e. The molecule has 0 bridgehead atoms. The van der Waals surface area contributed by atoms with E-state index >= 15 is 0 Å². The molecule has 0 spiro atoms. The lowest BCUT2D eigenvalue weighted by atomic mass is 9.85. The molecule has 1 aliphatic rings. The molecule has 1 aromatic carbocycles. The van der Waals surface area contributed by atoms with Gasteiger partial charge in [0.15, 0.2) is 11.6 Å². The molecule has 2 unspecified atom stereocenters. The number of halogens is 1. The summed E-state index contributed by atoms with van der Waals surface area (Å²) >= 11 is 0. The molecule has 4 heteroatoms. The van der Waals surface area contributed by atoms with Gasteiger partial charge in [-0.05, 0) is 43.5 Å². The molecule has 112 valence electrons. The maximum atomic E-state index is 13.7.